The summed E-state index contributed by atoms with van der Waals surface area (Å²) < 4.78 is 0. The van der Waals surface area contributed by atoms with Crippen LogP contribution in [0.2, 0.25) is 0 Å². The number of pyridine rings is 2. The maximum atomic E-state index is 4.55. The number of aromatic nitrogens is 2. The van der Waals surface area contributed by atoms with Crippen LogP contribution in [0.3, 0.4) is 0 Å². The van der Waals surface area contributed by atoms with Crippen molar-refractivity contribution in [3.63, 3.8) is 0 Å². The zero-order valence-electron chi connectivity index (χ0n) is 12.5. The summed E-state index contributed by atoms with van der Waals surface area (Å²) in [6.07, 6.45) is 4.37. The Morgan fingerprint density at radius 1 is 0.810 bits per heavy atom. The quantitative estimate of drug-likeness (QED) is 0.760. The molecule has 0 saturated carbocycles. The van der Waals surface area contributed by atoms with Crippen molar-refractivity contribution in [2.24, 2.45) is 9.98 Å². The van der Waals surface area contributed by atoms with Crippen molar-refractivity contribution >= 4 is 11.4 Å². The molecule has 0 saturated heterocycles. The minimum Gasteiger partial charge on any atom is -0.288 e. The predicted octanol–water partition coefficient (Wildman–Crippen LogP) is 3.49. The zero-order valence-corrected chi connectivity index (χ0v) is 12.5. The predicted molar refractivity (Wildman–Crippen MR) is 86.7 cm³/mol. The summed E-state index contributed by atoms with van der Waals surface area (Å²) in [5, 5.41) is 0. The minimum absolute atomic E-state index is 0.625. The van der Waals surface area contributed by atoms with Crippen LogP contribution in [0.25, 0.3) is 0 Å². The maximum Gasteiger partial charge on any atom is 0.0811 e. The van der Waals surface area contributed by atoms with Gasteiger partial charge in [0.15, 0.2) is 0 Å². The molecule has 0 unspecified atom stereocenters. The molecule has 21 heavy (non-hydrogen) atoms. The summed E-state index contributed by atoms with van der Waals surface area (Å²) in [4.78, 5) is 17.6. The van der Waals surface area contributed by atoms with Gasteiger partial charge in [0.1, 0.15) is 0 Å². The second-order valence-corrected chi connectivity index (χ2v) is 4.92. The van der Waals surface area contributed by atoms with E-state index >= 15 is 0 Å². The first-order valence-electron chi connectivity index (χ1n) is 7.03. The van der Waals surface area contributed by atoms with Gasteiger partial charge in [-0.25, -0.2) is 0 Å². The fraction of sp³-hybridized carbons (Fsp3) is 0.294. The molecule has 0 bridgehead atoms. The molecule has 108 valence electrons. The smallest absolute Gasteiger partial charge is 0.0811 e. The second kappa shape index (κ2) is 8.04. The first-order valence-corrected chi connectivity index (χ1v) is 7.03. The minimum atomic E-state index is 0.625. The highest BCUT2D eigenvalue weighted by atomic mass is 14.8. The third-order valence-corrected chi connectivity index (χ3v) is 2.99. The standard InChI is InChI=1S/C17H20N4/c1-14(20-12-16-7-3-5-9-18-16)11-15(2)21-13-17-8-4-6-10-19-17/h3-10H,11-13H2,1-2H3. The molecule has 0 aliphatic carbocycles. The van der Waals surface area contributed by atoms with Crippen LogP contribution < -0.4 is 0 Å². The molecule has 0 aliphatic rings. The summed E-state index contributed by atoms with van der Waals surface area (Å²) in [6.45, 7) is 5.31. The van der Waals surface area contributed by atoms with Crippen LogP contribution in [0.1, 0.15) is 31.7 Å². The lowest BCUT2D eigenvalue weighted by molar-refractivity contribution is 0.973. The van der Waals surface area contributed by atoms with Crippen LogP contribution in [-0.2, 0) is 13.1 Å². The van der Waals surface area contributed by atoms with Gasteiger partial charge in [0.2, 0.25) is 0 Å². The topological polar surface area (TPSA) is 50.5 Å². The van der Waals surface area contributed by atoms with Crippen molar-refractivity contribution in [2.45, 2.75) is 33.4 Å². The van der Waals surface area contributed by atoms with E-state index in [2.05, 4.69) is 20.0 Å². The van der Waals surface area contributed by atoms with Gasteiger partial charge >= 0.3 is 0 Å². The van der Waals surface area contributed by atoms with Crippen molar-refractivity contribution in [2.75, 3.05) is 0 Å². The van der Waals surface area contributed by atoms with E-state index < -0.39 is 0 Å². The Hall–Kier alpha value is -2.36. The molecule has 0 N–H and O–H groups in total. The molecule has 0 amide bonds. The third kappa shape index (κ3) is 5.65. The summed E-state index contributed by atoms with van der Waals surface area (Å²) in [5.41, 5.74) is 4.12. The Balaban J connectivity index is 1.85. The van der Waals surface area contributed by atoms with E-state index in [9.17, 15) is 0 Å². The van der Waals surface area contributed by atoms with Crippen LogP contribution in [-0.4, -0.2) is 21.4 Å². The molecule has 0 atom stereocenters. The highest BCUT2D eigenvalue weighted by Gasteiger charge is 1.98. The van der Waals surface area contributed by atoms with Crippen molar-refractivity contribution in [1.82, 2.24) is 9.97 Å². The highest BCUT2D eigenvalue weighted by molar-refractivity contribution is 6.02. The van der Waals surface area contributed by atoms with E-state index in [0.29, 0.717) is 13.1 Å². The third-order valence-electron chi connectivity index (χ3n) is 2.99. The van der Waals surface area contributed by atoms with Crippen LogP contribution in [0.15, 0.2) is 58.8 Å². The molecule has 0 fully saturated rings. The van der Waals surface area contributed by atoms with Gasteiger partial charge in [-0.15, -0.1) is 0 Å². The number of aliphatic imine (C=N–C) groups is 2. The van der Waals surface area contributed by atoms with E-state index in [1.54, 1.807) is 12.4 Å². The highest BCUT2D eigenvalue weighted by Crippen LogP contribution is 2.01. The van der Waals surface area contributed by atoms with Gasteiger partial charge in [-0.1, -0.05) is 12.1 Å². The largest absolute Gasteiger partial charge is 0.288 e. The summed E-state index contributed by atoms with van der Waals surface area (Å²) in [6, 6.07) is 11.8. The van der Waals surface area contributed by atoms with Gasteiger partial charge in [0.05, 0.1) is 24.5 Å². The average Bonchev–Trinajstić information content (AvgIpc) is 2.53. The van der Waals surface area contributed by atoms with Crippen molar-refractivity contribution < 1.29 is 0 Å². The Bertz CT molecular complexity index is 548. The molecule has 2 rings (SSSR count). The molecule has 0 radical (unpaired) electrons. The monoisotopic (exact) mass is 280 g/mol. The van der Waals surface area contributed by atoms with Crippen LogP contribution in [0, 0.1) is 0 Å². The van der Waals surface area contributed by atoms with E-state index in [4.69, 9.17) is 0 Å². The Morgan fingerprint density at radius 2 is 1.29 bits per heavy atom. The molecule has 2 aromatic rings. The lowest BCUT2D eigenvalue weighted by Gasteiger charge is -2.02. The summed E-state index contributed by atoms with van der Waals surface area (Å²) in [5.74, 6) is 0. The van der Waals surface area contributed by atoms with Gasteiger partial charge in [-0.3, -0.25) is 20.0 Å². The van der Waals surface area contributed by atoms with E-state index in [-0.39, 0.29) is 0 Å². The van der Waals surface area contributed by atoms with Crippen LogP contribution >= 0.6 is 0 Å². The molecule has 2 heterocycles. The average molecular weight is 280 g/mol. The van der Waals surface area contributed by atoms with Gasteiger partial charge in [-0.2, -0.15) is 0 Å². The van der Waals surface area contributed by atoms with Crippen molar-refractivity contribution in [3.8, 4) is 0 Å². The number of rotatable bonds is 6. The van der Waals surface area contributed by atoms with Crippen molar-refractivity contribution in [1.29, 1.82) is 0 Å². The van der Waals surface area contributed by atoms with Crippen LogP contribution in [0.4, 0.5) is 0 Å². The van der Waals surface area contributed by atoms with Gasteiger partial charge in [-0.05, 0) is 38.1 Å². The summed E-state index contributed by atoms with van der Waals surface area (Å²) in [7, 11) is 0. The molecule has 0 aromatic carbocycles. The van der Waals surface area contributed by atoms with Gasteiger partial charge in [0, 0.05) is 30.2 Å². The van der Waals surface area contributed by atoms with E-state index in [1.165, 1.54) is 0 Å². The lowest BCUT2D eigenvalue weighted by Crippen LogP contribution is -2.03. The SMILES string of the molecule is CC(CC(C)=NCc1ccccn1)=NCc1ccccn1. The molecule has 0 aliphatic heterocycles. The number of nitrogens with zero attached hydrogens (tertiary/aromatic N) is 4. The fourth-order valence-electron chi connectivity index (χ4n) is 1.90. The molecule has 0 spiro atoms. The molecule has 4 heteroatoms. The Morgan fingerprint density at radius 3 is 1.67 bits per heavy atom. The zero-order chi connectivity index (χ0) is 14.9. The maximum absolute atomic E-state index is 4.55. The second-order valence-electron chi connectivity index (χ2n) is 4.92. The lowest BCUT2D eigenvalue weighted by atomic mass is 10.2. The van der Waals surface area contributed by atoms with Gasteiger partial charge < -0.3 is 0 Å². The first-order chi connectivity index (χ1) is 10.2. The van der Waals surface area contributed by atoms with E-state index in [1.807, 2.05) is 50.2 Å². The number of hydrogen-bond acceptors (Lipinski definition) is 4. The fourth-order valence-corrected chi connectivity index (χ4v) is 1.90. The van der Waals surface area contributed by atoms with Crippen LogP contribution in [0.5, 0.6) is 0 Å². The molecule has 2 aromatic heterocycles. The Kier molecular flexibility index (Phi) is 5.76. The summed E-state index contributed by atoms with van der Waals surface area (Å²) >= 11 is 0. The molecular weight excluding hydrogens is 260 g/mol. The first kappa shape index (κ1) is 15.0. The molecular formula is C17H20N4. The normalized spacial score (nSPS) is 12.5. The Labute approximate surface area is 125 Å². The molecule has 4 nitrogen and oxygen atoms in total. The van der Waals surface area contributed by atoms with E-state index in [0.717, 1.165) is 29.2 Å². The van der Waals surface area contributed by atoms with Gasteiger partial charge in [0.25, 0.3) is 0 Å². The number of hydrogen-bond donors (Lipinski definition) is 0. The van der Waals surface area contributed by atoms with Crippen molar-refractivity contribution in [3.05, 3.63) is 60.2 Å².